The number of alkyl carbamates (subject to hydrolysis) is 1. The van der Waals surface area contributed by atoms with Gasteiger partial charge in [-0.3, -0.25) is 4.79 Å². The van der Waals surface area contributed by atoms with E-state index in [-0.39, 0.29) is 11.7 Å². The molecule has 88 valence electrons. The average Bonchev–Trinajstić information content (AvgIpc) is 2.10. The zero-order chi connectivity index (χ0) is 12.1. The number of ketones is 1. The highest BCUT2D eigenvalue weighted by atomic mass is 35.5. The Kier molecular flexibility index (Phi) is 5.65. The fourth-order valence-corrected chi connectivity index (χ4v) is 1.14. The number of hydrogen-bond donors (Lipinski definition) is 1. The van der Waals surface area contributed by atoms with Crippen LogP contribution in [0.5, 0.6) is 0 Å². The van der Waals surface area contributed by atoms with E-state index in [0.29, 0.717) is 6.42 Å². The summed E-state index contributed by atoms with van der Waals surface area (Å²) >= 11 is 5.40. The molecule has 0 aliphatic carbocycles. The Balaban J connectivity index is 4.20. The average molecular weight is 236 g/mol. The first kappa shape index (κ1) is 14.2. The van der Waals surface area contributed by atoms with E-state index in [4.69, 9.17) is 16.3 Å². The second-order valence-corrected chi connectivity index (χ2v) is 4.47. The first-order valence-electron chi connectivity index (χ1n) is 4.88. The van der Waals surface area contributed by atoms with Crippen LogP contribution >= 0.6 is 11.6 Å². The lowest BCUT2D eigenvalue weighted by Crippen LogP contribution is -2.43. The predicted octanol–water partition coefficient (Wildman–Crippen LogP) is 2.10. The van der Waals surface area contributed by atoms with Gasteiger partial charge in [0.15, 0.2) is 5.78 Å². The van der Waals surface area contributed by atoms with E-state index in [1.165, 1.54) is 0 Å². The van der Waals surface area contributed by atoms with Gasteiger partial charge in [-0.1, -0.05) is 6.92 Å². The molecule has 1 unspecified atom stereocenters. The molecule has 0 spiro atoms. The molecule has 0 aromatic rings. The Hall–Kier alpha value is -0.770. The molecule has 1 atom stereocenters. The summed E-state index contributed by atoms with van der Waals surface area (Å²) in [6, 6.07) is -0.558. The van der Waals surface area contributed by atoms with Crippen LogP contribution in [0.25, 0.3) is 0 Å². The molecular weight excluding hydrogens is 218 g/mol. The highest BCUT2D eigenvalue weighted by Gasteiger charge is 2.22. The lowest BCUT2D eigenvalue weighted by Gasteiger charge is -2.22. The highest BCUT2D eigenvalue weighted by molar-refractivity contribution is 6.28. The standard InChI is InChI=1S/C10H18ClNO3/c1-5-7(8(13)6-11)12-9(14)15-10(2,3)4/h7H,5-6H2,1-4H3,(H,12,14). The smallest absolute Gasteiger partial charge is 0.408 e. The summed E-state index contributed by atoms with van der Waals surface area (Å²) in [5, 5.41) is 2.48. The van der Waals surface area contributed by atoms with Gasteiger partial charge < -0.3 is 10.1 Å². The van der Waals surface area contributed by atoms with Gasteiger partial charge in [0.1, 0.15) is 5.60 Å². The van der Waals surface area contributed by atoms with E-state index >= 15 is 0 Å². The maximum absolute atomic E-state index is 11.3. The van der Waals surface area contributed by atoms with Crippen molar-refractivity contribution in [2.24, 2.45) is 0 Å². The number of halogens is 1. The van der Waals surface area contributed by atoms with Crippen LogP contribution in [-0.4, -0.2) is 29.4 Å². The van der Waals surface area contributed by atoms with E-state index in [1.54, 1.807) is 27.7 Å². The van der Waals surface area contributed by atoms with E-state index in [0.717, 1.165) is 0 Å². The quantitative estimate of drug-likeness (QED) is 0.760. The van der Waals surface area contributed by atoms with Crippen LogP contribution in [0.4, 0.5) is 4.79 Å². The molecule has 1 amide bonds. The van der Waals surface area contributed by atoms with Crippen molar-refractivity contribution in [1.29, 1.82) is 0 Å². The topological polar surface area (TPSA) is 55.4 Å². The molecule has 1 N–H and O–H groups in total. The van der Waals surface area contributed by atoms with Gasteiger partial charge >= 0.3 is 6.09 Å². The zero-order valence-corrected chi connectivity index (χ0v) is 10.4. The number of alkyl halides is 1. The van der Waals surface area contributed by atoms with Gasteiger partial charge in [-0.15, -0.1) is 11.6 Å². The molecule has 0 aromatic heterocycles. The number of rotatable bonds is 4. The monoisotopic (exact) mass is 235 g/mol. The van der Waals surface area contributed by atoms with Gasteiger partial charge in [-0.2, -0.15) is 0 Å². The van der Waals surface area contributed by atoms with E-state index < -0.39 is 17.7 Å². The second kappa shape index (κ2) is 5.95. The van der Waals surface area contributed by atoms with Crippen molar-refractivity contribution in [2.75, 3.05) is 5.88 Å². The third-order valence-corrected chi connectivity index (χ3v) is 1.88. The Morgan fingerprint density at radius 1 is 1.40 bits per heavy atom. The second-order valence-electron chi connectivity index (χ2n) is 4.21. The number of ether oxygens (including phenoxy) is 1. The third kappa shape index (κ3) is 6.33. The maximum Gasteiger partial charge on any atom is 0.408 e. The molecule has 0 aliphatic rings. The molecule has 0 aliphatic heterocycles. The third-order valence-electron chi connectivity index (χ3n) is 1.62. The van der Waals surface area contributed by atoms with Crippen molar-refractivity contribution in [3.8, 4) is 0 Å². The van der Waals surface area contributed by atoms with Crippen LogP contribution in [0.2, 0.25) is 0 Å². The number of carbonyl (C=O) groups excluding carboxylic acids is 2. The van der Waals surface area contributed by atoms with Crippen molar-refractivity contribution in [3.05, 3.63) is 0 Å². The molecule has 4 nitrogen and oxygen atoms in total. The number of amides is 1. The summed E-state index contributed by atoms with van der Waals surface area (Å²) in [4.78, 5) is 22.6. The Morgan fingerprint density at radius 2 is 1.93 bits per heavy atom. The highest BCUT2D eigenvalue weighted by Crippen LogP contribution is 2.07. The molecule has 0 rings (SSSR count). The van der Waals surface area contributed by atoms with Gasteiger partial charge in [-0.25, -0.2) is 4.79 Å². The fourth-order valence-electron chi connectivity index (χ4n) is 0.953. The number of nitrogens with one attached hydrogen (secondary N) is 1. The van der Waals surface area contributed by atoms with Crippen molar-refractivity contribution in [1.82, 2.24) is 5.32 Å². The minimum atomic E-state index is -0.590. The minimum absolute atomic E-state index is 0.103. The Morgan fingerprint density at radius 3 is 2.27 bits per heavy atom. The SMILES string of the molecule is CCC(NC(=O)OC(C)(C)C)C(=O)CCl. The van der Waals surface area contributed by atoms with Crippen LogP contribution < -0.4 is 5.32 Å². The predicted molar refractivity (Wildman–Crippen MR) is 59.2 cm³/mol. The van der Waals surface area contributed by atoms with Gasteiger partial charge in [0, 0.05) is 0 Å². The Bertz CT molecular complexity index is 235. The lowest BCUT2D eigenvalue weighted by molar-refractivity contribution is -0.118. The fraction of sp³-hybridized carbons (Fsp3) is 0.800. The molecule has 0 fully saturated rings. The van der Waals surface area contributed by atoms with Crippen molar-refractivity contribution in [2.45, 2.75) is 45.8 Å². The lowest BCUT2D eigenvalue weighted by atomic mass is 10.1. The number of carbonyl (C=O) groups is 2. The van der Waals surface area contributed by atoms with Gasteiger partial charge in [0.25, 0.3) is 0 Å². The maximum atomic E-state index is 11.3. The van der Waals surface area contributed by atoms with E-state index in [9.17, 15) is 9.59 Å². The summed E-state index contributed by atoms with van der Waals surface area (Å²) in [5.74, 6) is -0.307. The summed E-state index contributed by atoms with van der Waals surface area (Å²) in [6.07, 6.45) is -0.0852. The van der Waals surface area contributed by atoms with Crippen molar-refractivity contribution >= 4 is 23.5 Å². The largest absolute Gasteiger partial charge is 0.444 e. The first-order chi connectivity index (χ1) is 6.80. The molecule has 0 aromatic carbocycles. The first-order valence-corrected chi connectivity index (χ1v) is 5.41. The van der Waals surface area contributed by atoms with E-state index in [1.807, 2.05) is 0 Å². The zero-order valence-electron chi connectivity index (χ0n) is 9.59. The van der Waals surface area contributed by atoms with Gasteiger partial charge in [-0.05, 0) is 27.2 Å². The Labute approximate surface area is 95.3 Å². The molecule has 0 radical (unpaired) electrons. The molecule has 0 saturated carbocycles. The van der Waals surface area contributed by atoms with Crippen molar-refractivity contribution < 1.29 is 14.3 Å². The number of Topliss-reactive ketones (excluding diaryl/α,β-unsaturated/α-hetero) is 1. The normalized spacial score (nSPS) is 13.1. The minimum Gasteiger partial charge on any atom is -0.444 e. The molecule has 0 heterocycles. The molecule has 0 bridgehead atoms. The van der Waals surface area contributed by atoms with Crippen LogP contribution in [-0.2, 0) is 9.53 Å². The van der Waals surface area contributed by atoms with Gasteiger partial charge in [0.2, 0.25) is 0 Å². The van der Waals surface area contributed by atoms with E-state index in [2.05, 4.69) is 5.32 Å². The van der Waals surface area contributed by atoms with Crippen LogP contribution in [0.1, 0.15) is 34.1 Å². The summed E-state index contributed by atoms with van der Waals surface area (Å²) < 4.78 is 5.02. The van der Waals surface area contributed by atoms with Crippen molar-refractivity contribution in [3.63, 3.8) is 0 Å². The molecular formula is C10H18ClNO3. The summed E-state index contributed by atoms with van der Waals surface area (Å²) in [5.41, 5.74) is -0.563. The van der Waals surface area contributed by atoms with Crippen LogP contribution in [0.15, 0.2) is 0 Å². The summed E-state index contributed by atoms with van der Waals surface area (Å²) in [6.45, 7) is 7.08. The molecule has 5 heteroatoms. The van der Waals surface area contributed by atoms with Crippen LogP contribution in [0, 0.1) is 0 Å². The summed E-state index contributed by atoms with van der Waals surface area (Å²) in [7, 11) is 0. The van der Waals surface area contributed by atoms with Gasteiger partial charge in [0.05, 0.1) is 11.9 Å². The number of hydrogen-bond acceptors (Lipinski definition) is 3. The molecule has 0 saturated heterocycles. The molecule has 15 heavy (non-hydrogen) atoms. The van der Waals surface area contributed by atoms with Crippen LogP contribution in [0.3, 0.4) is 0 Å².